The summed E-state index contributed by atoms with van der Waals surface area (Å²) in [6.45, 7) is -0.214. The molecule has 11 nitrogen and oxygen atoms in total. The molecule has 0 spiro atoms. The molecule has 5 rings (SSSR count). The van der Waals surface area contributed by atoms with Crippen LogP contribution in [0.4, 0.5) is 10.2 Å². The number of hydrogen-bond acceptors (Lipinski definition) is 10. The van der Waals surface area contributed by atoms with Crippen molar-refractivity contribution in [2.24, 2.45) is 0 Å². The van der Waals surface area contributed by atoms with Crippen LogP contribution in [0.3, 0.4) is 0 Å². The molecule has 4 N–H and O–H groups in total. The van der Waals surface area contributed by atoms with E-state index < -0.39 is 32.4 Å². The summed E-state index contributed by atoms with van der Waals surface area (Å²) < 4.78 is 42.2. The van der Waals surface area contributed by atoms with Gasteiger partial charge in [-0.05, 0) is 17.7 Å². The fourth-order valence-electron chi connectivity index (χ4n) is 3.52. The van der Waals surface area contributed by atoms with Gasteiger partial charge in [0.15, 0.2) is 28.4 Å². The van der Waals surface area contributed by atoms with Crippen LogP contribution in [0.25, 0.3) is 11.2 Å². The van der Waals surface area contributed by atoms with Crippen LogP contribution in [0.5, 0.6) is 0 Å². The van der Waals surface area contributed by atoms with Gasteiger partial charge in [-0.15, -0.1) is 0 Å². The van der Waals surface area contributed by atoms with Crippen LogP contribution in [-0.2, 0) is 24.1 Å². The number of thioether (sulfide) groups is 1. The molecular formula is C17H17FN5O6PS. The Hall–Kier alpha value is -2.12. The maximum Gasteiger partial charge on any atom is 0.472 e. The van der Waals surface area contributed by atoms with Gasteiger partial charge in [0.2, 0.25) is 0 Å². The summed E-state index contributed by atoms with van der Waals surface area (Å²) >= 11 is 1.30. The molecule has 0 radical (unpaired) electrons. The second-order valence-electron chi connectivity index (χ2n) is 7.00. The first-order chi connectivity index (χ1) is 14.8. The van der Waals surface area contributed by atoms with Crippen LogP contribution in [0.15, 0.2) is 35.7 Å². The topological polar surface area (TPSA) is 155 Å². The van der Waals surface area contributed by atoms with E-state index in [-0.39, 0.29) is 18.2 Å². The number of anilines is 1. The zero-order chi connectivity index (χ0) is 21.8. The Balaban J connectivity index is 1.51. The van der Waals surface area contributed by atoms with Crippen molar-refractivity contribution < 1.29 is 32.7 Å². The molecule has 3 aromatic rings. The van der Waals surface area contributed by atoms with E-state index in [2.05, 4.69) is 15.0 Å². The van der Waals surface area contributed by atoms with Crippen molar-refractivity contribution in [1.82, 2.24) is 19.5 Å². The van der Waals surface area contributed by atoms with Gasteiger partial charge in [0.25, 0.3) is 0 Å². The minimum Gasteiger partial charge on any atom is -0.386 e. The number of phosphoric acid groups is 1. The lowest BCUT2D eigenvalue weighted by Gasteiger charge is -2.27. The lowest BCUT2D eigenvalue weighted by atomic mass is 10.1. The maximum absolute atomic E-state index is 13.2. The number of ether oxygens (including phenoxy) is 1. The number of phosphoric ester groups is 1. The van der Waals surface area contributed by atoms with Gasteiger partial charge in [0.05, 0.1) is 6.61 Å². The number of nitrogen functional groups attached to an aromatic ring is 1. The van der Waals surface area contributed by atoms with Gasteiger partial charge in [-0.2, -0.15) is 0 Å². The SMILES string of the molecule is Nc1ncnc2c1nc(SCc1ccc(F)cc1)n2C1OC2COP(=O)(O)OC2C1O. The van der Waals surface area contributed by atoms with Crippen molar-refractivity contribution in [2.45, 2.75) is 35.4 Å². The molecule has 0 amide bonds. The van der Waals surface area contributed by atoms with Gasteiger partial charge in [0, 0.05) is 5.75 Å². The lowest BCUT2D eigenvalue weighted by molar-refractivity contribution is -0.0684. The summed E-state index contributed by atoms with van der Waals surface area (Å²) in [4.78, 5) is 22.3. The largest absolute Gasteiger partial charge is 0.472 e. The van der Waals surface area contributed by atoms with Crippen molar-refractivity contribution in [3.63, 3.8) is 0 Å². The van der Waals surface area contributed by atoms with Gasteiger partial charge in [-0.1, -0.05) is 23.9 Å². The Morgan fingerprint density at radius 2 is 2.10 bits per heavy atom. The molecule has 1 aromatic carbocycles. The molecule has 0 aliphatic carbocycles. The lowest BCUT2D eigenvalue weighted by Crippen LogP contribution is -2.39. The van der Waals surface area contributed by atoms with Crippen molar-refractivity contribution in [1.29, 1.82) is 0 Å². The van der Waals surface area contributed by atoms with E-state index in [0.717, 1.165) is 5.56 Å². The van der Waals surface area contributed by atoms with E-state index in [1.54, 1.807) is 16.7 Å². The monoisotopic (exact) mass is 469 g/mol. The number of imidazole rings is 1. The summed E-state index contributed by atoms with van der Waals surface area (Å²) in [5.41, 5.74) is 7.45. The van der Waals surface area contributed by atoms with Gasteiger partial charge in [0.1, 0.15) is 30.5 Å². The predicted octanol–water partition coefficient (Wildman–Crippen LogP) is 1.61. The molecule has 2 fully saturated rings. The van der Waals surface area contributed by atoms with Gasteiger partial charge < -0.3 is 20.5 Å². The Kier molecular flexibility index (Phi) is 5.21. The quantitative estimate of drug-likeness (QED) is 0.377. The number of nitrogens with zero attached hydrogens (tertiary/aromatic N) is 4. The van der Waals surface area contributed by atoms with Gasteiger partial charge >= 0.3 is 7.82 Å². The van der Waals surface area contributed by atoms with E-state index in [1.807, 2.05) is 0 Å². The molecular weight excluding hydrogens is 452 g/mol. The van der Waals surface area contributed by atoms with Crippen molar-refractivity contribution in [3.8, 4) is 0 Å². The smallest absolute Gasteiger partial charge is 0.386 e. The number of halogens is 1. The van der Waals surface area contributed by atoms with Crippen LogP contribution in [0.1, 0.15) is 11.8 Å². The zero-order valence-corrected chi connectivity index (χ0v) is 17.4. The molecule has 31 heavy (non-hydrogen) atoms. The fourth-order valence-corrected chi connectivity index (χ4v) is 5.45. The average molecular weight is 469 g/mol. The molecule has 2 aromatic heterocycles. The number of hydrogen-bond donors (Lipinski definition) is 3. The Labute approximate surface area is 179 Å². The Morgan fingerprint density at radius 3 is 2.87 bits per heavy atom. The summed E-state index contributed by atoms with van der Waals surface area (Å²) in [6.07, 6.45) is -2.89. The minimum absolute atomic E-state index is 0.150. The number of fused-ring (bicyclic) bond motifs is 2. The zero-order valence-electron chi connectivity index (χ0n) is 15.7. The predicted molar refractivity (Wildman–Crippen MR) is 106 cm³/mol. The van der Waals surface area contributed by atoms with E-state index in [4.69, 9.17) is 19.5 Å². The molecule has 2 aliphatic heterocycles. The number of aromatic nitrogens is 4. The van der Waals surface area contributed by atoms with E-state index in [1.165, 1.54) is 30.2 Å². The number of aliphatic hydroxyl groups is 1. The summed E-state index contributed by atoms with van der Waals surface area (Å²) in [5, 5.41) is 11.3. The number of benzene rings is 1. The number of aliphatic hydroxyl groups excluding tert-OH is 1. The molecule has 5 atom stereocenters. The van der Waals surface area contributed by atoms with E-state index in [9.17, 15) is 19.0 Å². The first kappa shape index (κ1) is 20.8. The Morgan fingerprint density at radius 1 is 1.32 bits per heavy atom. The normalized spacial score (nSPS) is 30.5. The molecule has 2 saturated heterocycles. The highest BCUT2D eigenvalue weighted by atomic mass is 32.2. The van der Waals surface area contributed by atoms with Gasteiger partial charge in [-0.25, -0.2) is 23.9 Å². The van der Waals surface area contributed by atoms with E-state index >= 15 is 0 Å². The van der Waals surface area contributed by atoms with Gasteiger partial charge in [-0.3, -0.25) is 13.6 Å². The first-order valence-electron chi connectivity index (χ1n) is 9.17. The molecule has 5 unspecified atom stereocenters. The van der Waals surface area contributed by atoms with Crippen LogP contribution < -0.4 is 5.73 Å². The second kappa shape index (κ2) is 7.78. The van der Waals surface area contributed by atoms with Crippen molar-refractivity contribution in [2.75, 3.05) is 12.3 Å². The third kappa shape index (κ3) is 3.82. The van der Waals surface area contributed by atoms with Crippen LogP contribution >= 0.6 is 19.6 Å². The van der Waals surface area contributed by atoms with Crippen LogP contribution in [0.2, 0.25) is 0 Å². The third-order valence-electron chi connectivity index (χ3n) is 4.97. The molecule has 164 valence electrons. The molecule has 0 saturated carbocycles. The summed E-state index contributed by atoms with van der Waals surface area (Å²) in [5.74, 6) is 0.257. The summed E-state index contributed by atoms with van der Waals surface area (Å²) in [7, 11) is -4.27. The molecule has 14 heteroatoms. The first-order valence-corrected chi connectivity index (χ1v) is 11.7. The van der Waals surface area contributed by atoms with Crippen LogP contribution in [0, 0.1) is 5.82 Å². The second-order valence-corrected chi connectivity index (χ2v) is 9.35. The molecule has 0 bridgehead atoms. The minimum atomic E-state index is -4.27. The highest BCUT2D eigenvalue weighted by molar-refractivity contribution is 7.98. The number of nitrogens with two attached hydrogens (primary N) is 1. The highest BCUT2D eigenvalue weighted by Crippen LogP contribution is 2.53. The third-order valence-corrected chi connectivity index (χ3v) is 6.98. The molecule has 2 aliphatic rings. The Bertz CT molecular complexity index is 1180. The fraction of sp³-hybridized carbons (Fsp3) is 0.353. The van der Waals surface area contributed by atoms with Crippen LogP contribution in [-0.4, -0.2) is 54.4 Å². The number of rotatable bonds is 4. The summed E-state index contributed by atoms with van der Waals surface area (Å²) in [6, 6.07) is 6.04. The molecule has 4 heterocycles. The maximum atomic E-state index is 13.2. The van der Waals surface area contributed by atoms with E-state index in [0.29, 0.717) is 22.1 Å². The highest BCUT2D eigenvalue weighted by Gasteiger charge is 2.53. The standard InChI is InChI=1S/C17H17FN5O6PS/c18-9-3-1-8(2-4-9)6-31-17-22-11-14(19)20-7-21-15(11)23(17)16-12(24)13-10(28-16)5-27-30(25,26)29-13/h1-4,7,10,12-13,16,24H,5-6H2,(H,25,26)(H2,19,20,21). The van der Waals surface area contributed by atoms with Crippen molar-refractivity contribution >= 4 is 36.6 Å². The van der Waals surface area contributed by atoms with Crippen molar-refractivity contribution in [3.05, 3.63) is 42.0 Å². The average Bonchev–Trinajstić information content (AvgIpc) is 3.25.